The van der Waals surface area contributed by atoms with E-state index < -0.39 is 12.1 Å². The average molecular weight is 1090 g/mol. The summed E-state index contributed by atoms with van der Waals surface area (Å²) in [6.45, 7) is 4.99. The van der Waals surface area contributed by atoms with Gasteiger partial charge < -0.3 is 20.3 Å². The molecule has 0 aromatic carbocycles. The van der Waals surface area contributed by atoms with E-state index in [2.05, 4.69) is 31.3 Å². The fourth-order valence-corrected chi connectivity index (χ4v) is 11.4. The SMILES string of the molecule is CCCCCCCCCCCCCCCCCCCCCCCCCCCC(O)C(CO)NC(=O)CCCCCCCCC/C=C\CCCCCCCCCCCCOC(=O)CCCCCCCCCCCCCCCC. The number of amides is 1. The molecule has 3 N–H and O–H groups in total. The van der Waals surface area contributed by atoms with Gasteiger partial charge in [0.15, 0.2) is 0 Å². The lowest BCUT2D eigenvalue weighted by atomic mass is 10.0. The Labute approximate surface area is 482 Å². The maximum absolute atomic E-state index is 12.6. The zero-order valence-corrected chi connectivity index (χ0v) is 52.5. The highest BCUT2D eigenvalue weighted by molar-refractivity contribution is 5.76. The monoisotopic (exact) mass is 1090 g/mol. The standard InChI is InChI=1S/C71H139NO5/c1-3-5-7-9-11-13-15-17-19-20-21-22-23-24-25-27-30-33-36-39-43-47-51-55-59-63-69(74)68(67-73)72-70(75)64-60-56-52-48-44-40-37-34-31-28-26-29-32-35-38-42-46-50-54-58-62-66-77-71(76)65-61-57-53-49-45-41-18-16-14-12-10-8-6-4-2/h28,31,68-69,73-74H,3-27,29-30,32-67H2,1-2H3,(H,72,75)/b31-28-. The third-order valence-electron chi connectivity index (χ3n) is 16.8. The first-order valence-corrected chi connectivity index (χ1v) is 35.4. The molecule has 6 heteroatoms. The summed E-state index contributed by atoms with van der Waals surface area (Å²) in [5, 5.41) is 23.4. The van der Waals surface area contributed by atoms with Gasteiger partial charge in [-0.05, 0) is 51.4 Å². The predicted octanol–water partition coefficient (Wildman–Crippen LogP) is 22.8. The van der Waals surface area contributed by atoms with Gasteiger partial charge in [0, 0.05) is 12.8 Å². The van der Waals surface area contributed by atoms with E-state index in [1.165, 1.54) is 334 Å². The third kappa shape index (κ3) is 63.6. The highest BCUT2D eigenvalue weighted by atomic mass is 16.5. The Hall–Kier alpha value is -1.40. The number of carbonyl (C=O) groups excluding carboxylic acids is 2. The van der Waals surface area contributed by atoms with Crippen molar-refractivity contribution in [2.75, 3.05) is 13.2 Å². The lowest BCUT2D eigenvalue weighted by molar-refractivity contribution is -0.143. The zero-order valence-electron chi connectivity index (χ0n) is 52.5. The van der Waals surface area contributed by atoms with E-state index in [0.29, 0.717) is 25.9 Å². The Morgan fingerprint density at radius 1 is 0.351 bits per heavy atom. The van der Waals surface area contributed by atoms with Crippen LogP contribution in [0, 0.1) is 0 Å². The molecule has 0 aromatic heterocycles. The Balaban J connectivity index is 3.41. The van der Waals surface area contributed by atoms with Gasteiger partial charge in [-0.3, -0.25) is 9.59 Å². The molecule has 1 amide bonds. The summed E-state index contributed by atoms with van der Waals surface area (Å²) in [5.74, 6) is -0.0256. The summed E-state index contributed by atoms with van der Waals surface area (Å²) in [7, 11) is 0. The van der Waals surface area contributed by atoms with Crippen molar-refractivity contribution in [1.29, 1.82) is 0 Å². The fraction of sp³-hybridized carbons (Fsp3) is 0.944. The molecule has 6 nitrogen and oxygen atoms in total. The van der Waals surface area contributed by atoms with E-state index in [1.807, 2.05) is 0 Å². The number of ether oxygens (including phenoxy) is 1. The molecule has 0 rings (SSSR count). The minimum atomic E-state index is -0.670. The van der Waals surface area contributed by atoms with Gasteiger partial charge in [-0.25, -0.2) is 0 Å². The lowest BCUT2D eigenvalue weighted by Gasteiger charge is -2.22. The number of hydrogen-bond acceptors (Lipinski definition) is 5. The quantitative estimate of drug-likeness (QED) is 0.0320. The Kier molecular flexibility index (Phi) is 65.9. The number of esters is 1. The number of carbonyl (C=O) groups is 2. The molecule has 0 fully saturated rings. The van der Waals surface area contributed by atoms with Crippen LogP contribution in [-0.2, 0) is 14.3 Å². The van der Waals surface area contributed by atoms with E-state index >= 15 is 0 Å². The number of rotatable bonds is 67. The zero-order chi connectivity index (χ0) is 55.7. The second-order valence-corrected chi connectivity index (χ2v) is 24.6. The van der Waals surface area contributed by atoms with Crippen molar-refractivity contribution in [2.24, 2.45) is 0 Å². The van der Waals surface area contributed by atoms with E-state index in [0.717, 1.165) is 38.5 Å². The first kappa shape index (κ1) is 75.6. The van der Waals surface area contributed by atoms with Gasteiger partial charge >= 0.3 is 5.97 Å². The van der Waals surface area contributed by atoms with E-state index in [4.69, 9.17) is 4.74 Å². The van der Waals surface area contributed by atoms with Crippen molar-refractivity contribution in [1.82, 2.24) is 5.32 Å². The fourth-order valence-electron chi connectivity index (χ4n) is 11.4. The maximum atomic E-state index is 12.6. The van der Waals surface area contributed by atoms with Crippen LogP contribution in [0.3, 0.4) is 0 Å². The van der Waals surface area contributed by atoms with Crippen LogP contribution in [0.15, 0.2) is 12.2 Å². The van der Waals surface area contributed by atoms with Gasteiger partial charge in [-0.15, -0.1) is 0 Å². The summed E-state index contributed by atoms with van der Waals surface area (Å²) < 4.78 is 5.49. The number of allylic oxidation sites excluding steroid dienone is 2. The molecule has 2 atom stereocenters. The minimum absolute atomic E-state index is 0.0118. The van der Waals surface area contributed by atoms with E-state index in [-0.39, 0.29) is 18.5 Å². The summed E-state index contributed by atoms with van der Waals surface area (Å²) in [4.78, 5) is 24.6. The van der Waals surface area contributed by atoms with Crippen molar-refractivity contribution < 1.29 is 24.5 Å². The second kappa shape index (κ2) is 67.1. The van der Waals surface area contributed by atoms with Gasteiger partial charge in [0.1, 0.15) is 0 Å². The first-order valence-electron chi connectivity index (χ1n) is 35.4. The molecule has 2 unspecified atom stereocenters. The minimum Gasteiger partial charge on any atom is -0.466 e. The Morgan fingerprint density at radius 3 is 0.922 bits per heavy atom. The van der Waals surface area contributed by atoms with Crippen LogP contribution in [0.4, 0.5) is 0 Å². The largest absolute Gasteiger partial charge is 0.466 e. The molecular weight excluding hydrogens is 947 g/mol. The van der Waals surface area contributed by atoms with Gasteiger partial charge in [0.05, 0.1) is 25.4 Å². The Morgan fingerprint density at radius 2 is 0.610 bits per heavy atom. The van der Waals surface area contributed by atoms with Crippen molar-refractivity contribution in [3.05, 3.63) is 12.2 Å². The van der Waals surface area contributed by atoms with Gasteiger partial charge in [0.2, 0.25) is 5.91 Å². The summed E-state index contributed by atoms with van der Waals surface area (Å²) in [6.07, 6.45) is 82.5. The summed E-state index contributed by atoms with van der Waals surface area (Å²) in [5.41, 5.74) is 0. The molecule has 0 spiro atoms. The van der Waals surface area contributed by atoms with E-state index in [9.17, 15) is 19.8 Å². The van der Waals surface area contributed by atoms with Crippen LogP contribution in [0.5, 0.6) is 0 Å². The molecule has 458 valence electrons. The molecule has 0 saturated carbocycles. The van der Waals surface area contributed by atoms with Gasteiger partial charge in [-0.2, -0.15) is 0 Å². The second-order valence-electron chi connectivity index (χ2n) is 24.6. The first-order chi connectivity index (χ1) is 38.0. The highest BCUT2D eigenvalue weighted by Gasteiger charge is 2.20. The molecule has 0 saturated heterocycles. The molecule has 0 aliphatic carbocycles. The molecule has 0 heterocycles. The molecule has 0 radical (unpaired) electrons. The molecule has 0 aliphatic heterocycles. The van der Waals surface area contributed by atoms with Crippen molar-refractivity contribution in [3.63, 3.8) is 0 Å². The van der Waals surface area contributed by atoms with Crippen LogP contribution in [0.25, 0.3) is 0 Å². The average Bonchev–Trinajstić information content (AvgIpc) is 3.43. The molecule has 0 bridgehead atoms. The van der Waals surface area contributed by atoms with Crippen LogP contribution in [-0.4, -0.2) is 47.4 Å². The highest BCUT2D eigenvalue weighted by Crippen LogP contribution is 2.19. The summed E-state index contributed by atoms with van der Waals surface area (Å²) in [6, 6.07) is -0.548. The number of aliphatic hydroxyl groups is 2. The number of unbranched alkanes of at least 4 members (excludes halogenated alkanes) is 54. The van der Waals surface area contributed by atoms with Crippen LogP contribution in [0.2, 0.25) is 0 Å². The molecular formula is C71H139NO5. The molecule has 77 heavy (non-hydrogen) atoms. The Bertz CT molecular complexity index is 1160. The molecule has 0 aliphatic rings. The van der Waals surface area contributed by atoms with Crippen LogP contribution in [0.1, 0.15) is 406 Å². The van der Waals surface area contributed by atoms with E-state index in [1.54, 1.807) is 0 Å². The van der Waals surface area contributed by atoms with Crippen LogP contribution < -0.4 is 5.32 Å². The maximum Gasteiger partial charge on any atom is 0.305 e. The summed E-state index contributed by atoms with van der Waals surface area (Å²) >= 11 is 0. The molecule has 0 aromatic rings. The normalized spacial score (nSPS) is 12.5. The predicted molar refractivity (Wildman–Crippen MR) is 338 cm³/mol. The lowest BCUT2D eigenvalue weighted by Crippen LogP contribution is -2.45. The number of aliphatic hydroxyl groups excluding tert-OH is 2. The topological polar surface area (TPSA) is 95.9 Å². The van der Waals surface area contributed by atoms with Crippen LogP contribution >= 0.6 is 0 Å². The third-order valence-corrected chi connectivity index (χ3v) is 16.8. The number of nitrogens with one attached hydrogen (secondary N) is 1. The smallest absolute Gasteiger partial charge is 0.305 e. The van der Waals surface area contributed by atoms with Crippen molar-refractivity contribution in [3.8, 4) is 0 Å². The van der Waals surface area contributed by atoms with Crippen molar-refractivity contribution in [2.45, 2.75) is 418 Å². The van der Waals surface area contributed by atoms with Gasteiger partial charge in [-0.1, -0.05) is 353 Å². The van der Waals surface area contributed by atoms with Crippen molar-refractivity contribution >= 4 is 11.9 Å². The number of hydrogen-bond donors (Lipinski definition) is 3. The van der Waals surface area contributed by atoms with Gasteiger partial charge in [0.25, 0.3) is 0 Å².